The lowest BCUT2D eigenvalue weighted by atomic mass is 10.1. The molecule has 0 amide bonds. The zero-order chi connectivity index (χ0) is 13.5. The van der Waals surface area contributed by atoms with Gasteiger partial charge >= 0.3 is 5.97 Å². The molecule has 4 nitrogen and oxygen atoms in total. The second-order valence-electron chi connectivity index (χ2n) is 3.28. The molecule has 0 spiro atoms. The molecule has 0 saturated heterocycles. The smallest absolute Gasteiger partial charge is 0.348 e. The number of nitrogens with zero attached hydrogens (tertiary/aromatic N) is 1. The lowest BCUT2D eigenvalue weighted by Crippen LogP contribution is -2.06. The van der Waals surface area contributed by atoms with Crippen molar-refractivity contribution in [2.24, 2.45) is 0 Å². The number of ether oxygens (including phenoxy) is 2. The molecule has 0 saturated carbocycles. The summed E-state index contributed by atoms with van der Waals surface area (Å²) >= 11 is 5.86. The summed E-state index contributed by atoms with van der Waals surface area (Å²) in [5.41, 5.74) is 0.451. The molecule has 0 aliphatic carbocycles. The molecule has 0 bridgehead atoms. The SMILES string of the molecule is CCOC(=O)C(C#N)=Cc1cc(Cl)ccc1OC. The number of benzene rings is 1. The predicted octanol–water partition coefficient (Wildman–Crippen LogP) is 2.82. The predicted molar refractivity (Wildman–Crippen MR) is 68.2 cm³/mol. The van der Waals surface area contributed by atoms with E-state index in [1.54, 1.807) is 31.2 Å². The maximum absolute atomic E-state index is 11.5. The number of nitriles is 1. The lowest BCUT2D eigenvalue weighted by Gasteiger charge is -2.06. The molecule has 5 heteroatoms. The van der Waals surface area contributed by atoms with Crippen molar-refractivity contribution in [2.45, 2.75) is 6.92 Å². The lowest BCUT2D eigenvalue weighted by molar-refractivity contribution is -0.137. The molecule has 0 heterocycles. The summed E-state index contributed by atoms with van der Waals surface area (Å²) in [6, 6.07) is 6.72. The molecule has 1 rings (SSSR count). The number of rotatable bonds is 4. The highest BCUT2D eigenvalue weighted by atomic mass is 35.5. The maximum atomic E-state index is 11.5. The minimum Gasteiger partial charge on any atom is -0.496 e. The van der Waals surface area contributed by atoms with E-state index in [-0.39, 0.29) is 12.2 Å². The van der Waals surface area contributed by atoms with E-state index >= 15 is 0 Å². The molecule has 0 atom stereocenters. The van der Waals surface area contributed by atoms with Gasteiger partial charge in [-0.25, -0.2) is 4.79 Å². The Kier molecular flexibility index (Phi) is 5.22. The van der Waals surface area contributed by atoms with Crippen LogP contribution in [0.15, 0.2) is 23.8 Å². The summed E-state index contributed by atoms with van der Waals surface area (Å²) in [5.74, 6) is -0.140. The zero-order valence-electron chi connectivity index (χ0n) is 10.1. The molecule has 94 valence electrons. The van der Waals surface area contributed by atoms with Crippen molar-refractivity contribution in [1.82, 2.24) is 0 Å². The first-order valence-electron chi connectivity index (χ1n) is 5.24. The molecule has 0 aliphatic rings. The summed E-state index contributed by atoms with van der Waals surface area (Å²) in [5, 5.41) is 9.41. The van der Waals surface area contributed by atoms with Crippen LogP contribution in [-0.2, 0) is 9.53 Å². The Morgan fingerprint density at radius 2 is 2.28 bits per heavy atom. The van der Waals surface area contributed by atoms with Crippen LogP contribution in [0.2, 0.25) is 5.02 Å². The van der Waals surface area contributed by atoms with Crippen molar-refractivity contribution in [2.75, 3.05) is 13.7 Å². The van der Waals surface area contributed by atoms with Crippen molar-refractivity contribution in [1.29, 1.82) is 5.26 Å². The maximum Gasteiger partial charge on any atom is 0.348 e. The van der Waals surface area contributed by atoms with Gasteiger partial charge in [0.1, 0.15) is 17.4 Å². The van der Waals surface area contributed by atoms with Crippen LogP contribution in [0.4, 0.5) is 0 Å². The molecule has 0 aliphatic heterocycles. The Balaban J connectivity index is 3.17. The molecule has 1 aromatic rings. The van der Waals surface area contributed by atoms with E-state index in [2.05, 4.69) is 0 Å². The van der Waals surface area contributed by atoms with Gasteiger partial charge in [-0.05, 0) is 31.2 Å². The van der Waals surface area contributed by atoms with Crippen LogP contribution in [0.3, 0.4) is 0 Å². The third-order valence-corrected chi connectivity index (χ3v) is 2.34. The van der Waals surface area contributed by atoms with Gasteiger partial charge in [-0.2, -0.15) is 5.26 Å². The van der Waals surface area contributed by atoms with Crippen molar-refractivity contribution < 1.29 is 14.3 Å². The van der Waals surface area contributed by atoms with Crippen LogP contribution in [-0.4, -0.2) is 19.7 Å². The van der Waals surface area contributed by atoms with E-state index in [1.807, 2.05) is 0 Å². The molecule has 1 aromatic carbocycles. The first-order chi connectivity index (χ1) is 8.62. The fourth-order valence-corrected chi connectivity index (χ4v) is 1.50. The van der Waals surface area contributed by atoms with Crippen LogP contribution in [0.25, 0.3) is 6.08 Å². The van der Waals surface area contributed by atoms with Crippen LogP contribution in [0.5, 0.6) is 5.75 Å². The average Bonchev–Trinajstić information content (AvgIpc) is 2.36. The standard InChI is InChI=1S/C13H12ClNO3/c1-3-18-13(16)10(8-15)6-9-7-11(14)4-5-12(9)17-2/h4-7H,3H2,1-2H3. The first kappa shape index (κ1) is 14.1. The Labute approximate surface area is 110 Å². The summed E-state index contributed by atoms with van der Waals surface area (Å²) in [6.45, 7) is 1.89. The third-order valence-electron chi connectivity index (χ3n) is 2.11. The van der Waals surface area contributed by atoms with E-state index < -0.39 is 5.97 Å². The summed E-state index contributed by atoms with van der Waals surface area (Å²) < 4.78 is 9.89. The number of carbonyl (C=O) groups excluding carboxylic acids is 1. The monoisotopic (exact) mass is 265 g/mol. The van der Waals surface area contributed by atoms with Crippen molar-refractivity contribution in [3.63, 3.8) is 0 Å². The molecule has 0 fully saturated rings. The summed E-state index contributed by atoms with van der Waals surface area (Å²) in [4.78, 5) is 11.5. The Hall–Kier alpha value is -1.99. The molecule has 0 radical (unpaired) electrons. The fraction of sp³-hybridized carbons (Fsp3) is 0.231. The number of carbonyl (C=O) groups is 1. The van der Waals surface area contributed by atoms with E-state index in [4.69, 9.17) is 26.3 Å². The van der Waals surface area contributed by atoms with E-state index in [0.717, 1.165) is 0 Å². The Morgan fingerprint density at radius 1 is 1.56 bits per heavy atom. The van der Waals surface area contributed by atoms with E-state index in [0.29, 0.717) is 16.3 Å². The van der Waals surface area contributed by atoms with Gasteiger partial charge in [0, 0.05) is 10.6 Å². The fourth-order valence-electron chi connectivity index (χ4n) is 1.32. The van der Waals surface area contributed by atoms with Gasteiger partial charge in [-0.1, -0.05) is 11.6 Å². The topological polar surface area (TPSA) is 59.3 Å². The van der Waals surface area contributed by atoms with Gasteiger partial charge in [-0.3, -0.25) is 0 Å². The van der Waals surface area contributed by atoms with Gasteiger partial charge in [-0.15, -0.1) is 0 Å². The Morgan fingerprint density at radius 3 is 2.83 bits per heavy atom. The highest BCUT2D eigenvalue weighted by Crippen LogP contribution is 2.25. The highest BCUT2D eigenvalue weighted by molar-refractivity contribution is 6.30. The molecule has 0 N–H and O–H groups in total. The van der Waals surface area contributed by atoms with Crippen LogP contribution in [0.1, 0.15) is 12.5 Å². The summed E-state index contributed by atoms with van der Waals surface area (Å²) in [6.07, 6.45) is 1.39. The summed E-state index contributed by atoms with van der Waals surface area (Å²) in [7, 11) is 1.50. The Bertz CT molecular complexity index is 517. The normalized spacial score (nSPS) is 10.7. The van der Waals surface area contributed by atoms with Crippen molar-refractivity contribution in [3.8, 4) is 11.8 Å². The minimum atomic E-state index is -0.665. The quantitative estimate of drug-likeness (QED) is 0.477. The van der Waals surface area contributed by atoms with Gasteiger partial charge in [0.05, 0.1) is 13.7 Å². The van der Waals surface area contributed by atoms with Crippen molar-refractivity contribution >= 4 is 23.6 Å². The third kappa shape index (κ3) is 3.51. The van der Waals surface area contributed by atoms with Crippen LogP contribution < -0.4 is 4.74 Å². The number of halogens is 1. The number of esters is 1. The molecule has 0 unspecified atom stereocenters. The van der Waals surface area contributed by atoms with E-state index in [1.165, 1.54) is 13.2 Å². The second kappa shape index (κ2) is 6.67. The van der Waals surface area contributed by atoms with Crippen molar-refractivity contribution in [3.05, 3.63) is 34.4 Å². The van der Waals surface area contributed by atoms with Gasteiger partial charge in [0.15, 0.2) is 0 Å². The zero-order valence-corrected chi connectivity index (χ0v) is 10.8. The average molecular weight is 266 g/mol. The molecular weight excluding hydrogens is 254 g/mol. The van der Waals surface area contributed by atoms with Gasteiger partial charge in [0.25, 0.3) is 0 Å². The van der Waals surface area contributed by atoms with Crippen LogP contribution in [0, 0.1) is 11.3 Å². The van der Waals surface area contributed by atoms with E-state index in [9.17, 15) is 4.79 Å². The highest BCUT2D eigenvalue weighted by Gasteiger charge is 2.11. The second-order valence-corrected chi connectivity index (χ2v) is 3.71. The number of methoxy groups -OCH3 is 1. The number of hydrogen-bond donors (Lipinski definition) is 0. The van der Waals surface area contributed by atoms with Crippen LogP contribution >= 0.6 is 11.6 Å². The molecule has 18 heavy (non-hydrogen) atoms. The largest absolute Gasteiger partial charge is 0.496 e. The minimum absolute atomic E-state index is 0.0996. The van der Waals surface area contributed by atoms with Gasteiger partial charge < -0.3 is 9.47 Å². The van der Waals surface area contributed by atoms with Gasteiger partial charge in [0.2, 0.25) is 0 Å². The molecular formula is C13H12ClNO3. The number of hydrogen-bond acceptors (Lipinski definition) is 4. The molecule has 0 aromatic heterocycles. The first-order valence-corrected chi connectivity index (χ1v) is 5.62.